The average Bonchev–Trinajstić information content (AvgIpc) is 2.96. The fourth-order valence-electron chi connectivity index (χ4n) is 2.45. The molecular weight excluding hydrogens is 224 g/mol. The van der Waals surface area contributed by atoms with Crippen molar-refractivity contribution in [3.8, 4) is 5.69 Å². The van der Waals surface area contributed by atoms with E-state index in [1.807, 2.05) is 35.1 Å². The number of aromatic nitrogens is 2. The van der Waals surface area contributed by atoms with Crippen LogP contribution in [-0.4, -0.2) is 9.78 Å². The summed E-state index contributed by atoms with van der Waals surface area (Å²) in [5.41, 5.74) is 5.42. The van der Waals surface area contributed by atoms with E-state index in [0.717, 1.165) is 11.4 Å². The number of benzene rings is 1. The van der Waals surface area contributed by atoms with Crippen LogP contribution in [0, 0.1) is 5.41 Å². The molecule has 0 aliphatic heterocycles. The molecule has 3 rings (SSSR count). The minimum atomic E-state index is 0.153. The summed E-state index contributed by atoms with van der Waals surface area (Å²) >= 11 is 0. The number of para-hydroxylation sites is 1. The van der Waals surface area contributed by atoms with E-state index in [0.29, 0.717) is 0 Å². The van der Waals surface area contributed by atoms with E-state index in [1.165, 1.54) is 12.8 Å². The molecule has 4 heteroatoms. The third-order valence-corrected chi connectivity index (χ3v) is 3.87. The lowest BCUT2D eigenvalue weighted by Gasteiger charge is -2.23. The fourth-order valence-corrected chi connectivity index (χ4v) is 2.45. The molecule has 1 heterocycles. The average molecular weight is 242 g/mol. The first-order valence-corrected chi connectivity index (χ1v) is 6.30. The Labute approximate surface area is 107 Å². The number of rotatable bonds is 4. The van der Waals surface area contributed by atoms with E-state index >= 15 is 0 Å². The molecule has 4 nitrogen and oxygen atoms in total. The second-order valence-electron chi connectivity index (χ2n) is 5.26. The van der Waals surface area contributed by atoms with Crippen molar-refractivity contribution in [1.82, 2.24) is 15.2 Å². The lowest BCUT2D eigenvalue weighted by molar-refractivity contribution is 0.358. The zero-order valence-electron chi connectivity index (χ0n) is 10.5. The monoisotopic (exact) mass is 242 g/mol. The van der Waals surface area contributed by atoms with Crippen LogP contribution in [0.3, 0.4) is 0 Å². The number of nitrogens with one attached hydrogen (secondary N) is 1. The lowest BCUT2D eigenvalue weighted by atomic mass is 9.96. The van der Waals surface area contributed by atoms with Crippen LogP contribution in [0.1, 0.15) is 31.5 Å². The number of hydrazine groups is 1. The molecule has 0 bridgehead atoms. The Morgan fingerprint density at radius 1 is 1.28 bits per heavy atom. The van der Waals surface area contributed by atoms with Gasteiger partial charge in [-0.1, -0.05) is 25.1 Å². The van der Waals surface area contributed by atoms with Gasteiger partial charge in [0.25, 0.3) is 0 Å². The maximum Gasteiger partial charge on any atom is 0.0687 e. The van der Waals surface area contributed by atoms with Gasteiger partial charge in [0.05, 0.1) is 17.4 Å². The Morgan fingerprint density at radius 2 is 2.00 bits per heavy atom. The van der Waals surface area contributed by atoms with Crippen molar-refractivity contribution in [1.29, 1.82) is 0 Å². The summed E-state index contributed by atoms with van der Waals surface area (Å²) in [7, 11) is 0. The molecule has 1 saturated carbocycles. The number of hydrogen-bond donors (Lipinski definition) is 2. The molecular formula is C14H18N4. The molecule has 0 spiro atoms. The zero-order valence-corrected chi connectivity index (χ0v) is 10.5. The van der Waals surface area contributed by atoms with Crippen molar-refractivity contribution in [3.63, 3.8) is 0 Å². The Morgan fingerprint density at radius 3 is 2.61 bits per heavy atom. The first-order chi connectivity index (χ1) is 8.74. The van der Waals surface area contributed by atoms with Crippen LogP contribution < -0.4 is 11.3 Å². The van der Waals surface area contributed by atoms with Gasteiger partial charge in [0.1, 0.15) is 0 Å². The molecule has 94 valence electrons. The van der Waals surface area contributed by atoms with E-state index in [1.54, 1.807) is 0 Å². The Kier molecular flexibility index (Phi) is 2.69. The summed E-state index contributed by atoms with van der Waals surface area (Å²) in [4.78, 5) is 0. The number of hydrogen-bond acceptors (Lipinski definition) is 3. The van der Waals surface area contributed by atoms with Gasteiger partial charge in [-0.15, -0.1) is 0 Å². The normalized spacial score (nSPS) is 18.6. The van der Waals surface area contributed by atoms with E-state index in [-0.39, 0.29) is 11.5 Å². The van der Waals surface area contributed by atoms with E-state index in [2.05, 4.69) is 29.6 Å². The van der Waals surface area contributed by atoms with Crippen molar-refractivity contribution < 1.29 is 0 Å². The smallest absolute Gasteiger partial charge is 0.0687 e. The molecule has 1 aromatic carbocycles. The zero-order chi connectivity index (χ0) is 12.6. The van der Waals surface area contributed by atoms with Gasteiger partial charge in [0.2, 0.25) is 0 Å². The topological polar surface area (TPSA) is 55.9 Å². The predicted molar refractivity (Wildman–Crippen MR) is 71.0 cm³/mol. The van der Waals surface area contributed by atoms with Crippen molar-refractivity contribution in [2.24, 2.45) is 11.3 Å². The highest BCUT2D eigenvalue weighted by atomic mass is 15.3. The summed E-state index contributed by atoms with van der Waals surface area (Å²) in [6, 6.07) is 12.3. The van der Waals surface area contributed by atoms with Crippen molar-refractivity contribution in [2.75, 3.05) is 0 Å². The largest absolute Gasteiger partial charge is 0.271 e. The molecule has 2 aromatic rings. The van der Waals surface area contributed by atoms with Gasteiger partial charge in [-0.3, -0.25) is 11.3 Å². The third kappa shape index (κ3) is 1.83. The van der Waals surface area contributed by atoms with Gasteiger partial charge < -0.3 is 0 Å². The fraction of sp³-hybridized carbons (Fsp3) is 0.357. The van der Waals surface area contributed by atoms with Crippen molar-refractivity contribution in [2.45, 2.75) is 25.8 Å². The highest BCUT2D eigenvalue weighted by Gasteiger charge is 2.46. The van der Waals surface area contributed by atoms with Gasteiger partial charge in [-0.2, -0.15) is 5.10 Å². The number of nitrogens with zero attached hydrogens (tertiary/aromatic N) is 2. The van der Waals surface area contributed by atoms with Gasteiger partial charge in [0.15, 0.2) is 0 Å². The first kappa shape index (κ1) is 11.4. The molecule has 0 amide bonds. The van der Waals surface area contributed by atoms with Crippen LogP contribution in [0.5, 0.6) is 0 Å². The molecule has 0 saturated heterocycles. The van der Waals surface area contributed by atoms with Crippen LogP contribution in [0.2, 0.25) is 0 Å². The molecule has 1 aromatic heterocycles. The van der Waals surface area contributed by atoms with Crippen LogP contribution in [0.25, 0.3) is 5.69 Å². The Hall–Kier alpha value is -1.65. The van der Waals surface area contributed by atoms with Gasteiger partial charge in [0, 0.05) is 6.20 Å². The molecule has 18 heavy (non-hydrogen) atoms. The van der Waals surface area contributed by atoms with Crippen LogP contribution in [0.15, 0.2) is 42.6 Å². The van der Waals surface area contributed by atoms with Crippen LogP contribution in [0.4, 0.5) is 0 Å². The summed E-state index contributed by atoms with van der Waals surface area (Å²) in [6.45, 7) is 2.26. The molecule has 3 N–H and O–H groups in total. The van der Waals surface area contributed by atoms with E-state index in [4.69, 9.17) is 5.84 Å². The maximum atomic E-state index is 5.75. The predicted octanol–water partition coefficient (Wildman–Crippen LogP) is 2.18. The summed E-state index contributed by atoms with van der Waals surface area (Å²) in [5.74, 6) is 5.75. The molecule has 1 unspecified atom stereocenters. The summed E-state index contributed by atoms with van der Waals surface area (Å²) in [5, 5.41) is 4.42. The minimum Gasteiger partial charge on any atom is -0.271 e. The van der Waals surface area contributed by atoms with E-state index < -0.39 is 0 Å². The standard InChI is InChI=1S/C14H18N4/c1-14(8-9-14)13(17-15)12-7-10-16-18(12)11-5-3-2-4-6-11/h2-7,10,13,17H,8-9,15H2,1H3. The Bertz CT molecular complexity index is 528. The quantitative estimate of drug-likeness (QED) is 0.638. The third-order valence-electron chi connectivity index (χ3n) is 3.87. The van der Waals surface area contributed by atoms with Crippen molar-refractivity contribution in [3.05, 3.63) is 48.3 Å². The maximum absolute atomic E-state index is 5.75. The lowest BCUT2D eigenvalue weighted by Crippen LogP contribution is -2.35. The van der Waals surface area contributed by atoms with Crippen LogP contribution >= 0.6 is 0 Å². The molecule has 1 fully saturated rings. The Balaban J connectivity index is 2.01. The summed E-state index contributed by atoms with van der Waals surface area (Å²) < 4.78 is 1.97. The highest BCUT2D eigenvalue weighted by Crippen LogP contribution is 2.54. The van der Waals surface area contributed by atoms with Gasteiger partial charge in [-0.25, -0.2) is 4.68 Å². The van der Waals surface area contributed by atoms with Gasteiger partial charge in [-0.05, 0) is 36.5 Å². The number of nitrogens with two attached hydrogens (primary N) is 1. The second kappa shape index (κ2) is 4.23. The van der Waals surface area contributed by atoms with Gasteiger partial charge >= 0.3 is 0 Å². The van der Waals surface area contributed by atoms with E-state index in [9.17, 15) is 0 Å². The summed E-state index contributed by atoms with van der Waals surface area (Å²) in [6.07, 6.45) is 4.25. The minimum absolute atomic E-state index is 0.153. The molecule has 1 aliphatic rings. The highest BCUT2D eigenvalue weighted by molar-refractivity contribution is 5.34. The first-order valence-electron chi connectivity index (χ1n) is 6.30. The SMILES string of the molecule is CC1(C(NN)c2ccnn2-c2ccccc2)CC1. The van der Waals surface area contributed by atoms with Crippen molar-refractivity contribution >= 4 is 0 Å². The second-order valence-corrected chi connectivity index (χ2v) is 5.26. The molecule has 1 aliphatic carbocycles. The molecule has 0 radical (unpaired) electrons. The van der Waals surface area contributed by atoms with Crippen LogP contribution in [-0.2, 0) is 0 Å². The molecule has 1 atom stereocenters.